The summed E-state index contributed by atoms with van der Waals surface area (Å²) in [6.07, 6.45) is 3.04. The number of hydrogen-bond donors (Lipinski definition) is 2. The number of nitrogen functional groups attached to an aromatic ring is 1. The number of nitrogens with two attached hydrogens (primary N) is 1. The lowest BCUT2D eigenvalue weighted by Crippen LogP contribution is -2.41. The summed E-state index contributed by atoms with van der Waals surface area (Å²) in [7, 11) is -3.57. The van der Waals surface area contributed by atoms with Crippen LogP contribution in [0.5, 0.6) is 0 Å². The summed E-state index contributed by atoms with van der Waals surface area (Å²) in [5.74, 6) is 0.517. The van der Waals surface area contributed by atoms with Gasteiger partial charge in [0.2, 0.25) is 10.0 Å². The number of ether oxygens (including phenoxy) is 1. The van der Waals surface area contributed by atoms with Crippen LogP contribution in [0.15, 0.2) is 17.0 Å². The van der Waals surface area contributed by atoms with Gasteiger partial charge in [0.05, 0.1) is 17.0 Å². The van der Waals surface area contributed by atoms with Gasteiger partial charge in [-0.1, -0.05) is 0 Å². The SMILES string of the molecule is Cc1cc(N)cc(S(=O)(=O)NC2CCOC2C2CC2)c1C. The second kappa shape index (κ2) is 5.26. The highest BCUT2D eigenvalue weighted by atomic mass is 32.2. The van der Waals surface area contributed by atoms with Crippen LogP contribution in [0.4, 0.5) is 5.69 Å². The van der Waals surface area contributed by atoms with Gasteiger partial charge in [-0.15, -0.1) is 0 Å². The summed E-state index contributed by atoms with van der Waals surface area (Å²) in [6.45, 7) is 4.31. The fourth-order valence-corrected chi connectivity index (χ4v) is 4.66. The van der Waals surface area contributed by atoms with E-state index in [4.69, 9.17) is 10.5 Å². The van der Waals surface area contributed by atoms with Crippen LogP contribution in [0.1, 0.15) is 30.4 Å². The van der Waals surface area contributed by atoms with Crippen molar-refractivity contribution in [2.45, 2.75) is 50.2 Å². The summed E-state index contributed by atoms with van der Waals surface area (Å²) in [6, 6.07) is 3.20. The van der Waals surface area contributed by atoms with Crippen LogP contribution in [-0.4, -0.2) is 27.2 Å². The Morgan fingerprint density at radius 3 is 2.62 bits per heavy atom. The van der Waals surface area contributed by atoms with E-state index in [9.17, 15) is 8.42 Å². The summed E-state index contributed by atoms with van der Waals surface area (Å²) in [5, 5.41) is 0. The van der Waals surface area contributed by atoms with Gasteiger partial charge in [0, 0.05) is 12.3 Å². The third-order valence-electron chi connectivity index (χ3n) is 4.46. The minimum Gasteiger partial charge on any atom is -0.399 e. The predicted octanol–water partition coefficient (Wildman–Crippen LogP) is 1.73. The van der Waals surface area contributed by atoms with Gasteiger partial charge in [0.1, 0.15) is 0 Å². The molecule has 1 aliphatic carbocycles. The topological polar surface area (TPSA) is 81.4 Å². The van der Waals surface area contributed by atoms with Crippen LogP contribution in [0.25, 0.3) is 0 Å². The van der Waals surface area contributed by atoms with E-state index in [0.717, 1.165) is 30.4 Å². The van der Waals surface area contributed by atoms with Crippen LogP contribution in [0.3, 0.4) is 0 Å². The normalized spacial score (nSPS) is 26.2. The third-order valence-corrected chi connectivity index (χ3v) is 6.08. The second-order valence-electron chi connectivity index (χ2n) is 6.15. The summed E-state index contributed by atoms with van der Waals surface area (Å²) in [4.78, 5) is 0.279. The minimum atomic E-state index is -3.57. The molecule has 3 rings (SSSR count). The molecule has 0 aromatic heterocycles. The number of benzene rings is 1. The van der Waals surface area contributed by atoms with Crippen molar-refractivity contribution in [1.82, 2.24) is 4.72 Å². The highest BCUT2D eigenvalue weighted by Crippen LogP contribution is 2.39. The Labute approximate surface area is 125 Å². The zero-order valence-corrected chi connectivity index (χ0v) is 13.2. The van der Waals surface area contributed by atoms with E-state index in [1.807, 2.05) is 13.8 Å². The Hall–Kier alpha value is -1.11. The Bertz CT molecular complexity index is 653. The van der Waals surface area contributed by atoms with Gasteiger partial charge in [-0.25, -0.2) is 13.1 Å². The maximum absolute atomic E-state index is 12.7. The van der Waals surface area contributed by atoms with E-state index in [0.29, 0.717) is 18.2 Å². The van der Waals surface area contributed by atoms with Gasteiger partial charge in [-0.05, 0) is 62.3 Å². The summed E-state index contributed by atoms with van der Waals surface area (Å²) >= 11 is 0. The van der Waals surface area contributed by atoms with Crippen LogP contribution >= 0.6 is 0 Å². The van der Waals surface area contributed by atoms with Crippen molar-refractivity contribution >= 4 is 15.7 Å². The van der Waals surface area contributed by atoms with E-state index in [-0.39, 0.29) is 17.0 Å². The quantitative estimate of drug-likeness (QED) is 0.830. The monoisotopic (exact) mass is 310 g/mol. The molecule has 2 fully saturated rings. The standard InChI is InChI=1S/C15H22N2O3S/c1-9-7-12(16)8-14(10(9)2)21(18,19)17-13-5-6-20-15(13)11-3-4-11/h7-8,11,13,15,17H,3-6,16H2,1-2H3. The van der Waals surface area contributed by atoms with Crippen molar-refractivity contribution in [3.05, 3.63) is 23.3 Å². The first kappa shape index (κ1) is 14.8. The van der Waals surface area contributed by atoms with Gasteiger partial charge in [-0.2, -0.15) is 0 Å². The average molecular weight is 310 g/mol. The van der Waals surface area contributed by atoms with Gasteiger partial charge in [0.15, 0.2) is 0 Å². The first-order chi connectivity index (χ1) is 9.88. The molecule has 1 aromatic carbocycles. The van der Waals surface area contributed by atoms with Gasteiger partial charge >= 0.3 is 0 Å². The molecule has 0 amide bonds. The predicted molar refractivity (Wildman–Crippen MR) is 81.5 cm³/mol. The lowest BCUT2D eigenvalue weighted by Gasteiger charge is -2.20. The minimum absolute atomic E-state index is 0.0298. The Balaban J connectivity index is 1.87. The molecule has 1 aromatic rings. The van der Waals surface area contributed by atoms with Crippen molar-refractivity contribution in [1.29, 1.82) is 0 Å². The average Bonchev–Trinajstić information content (AvgIpc) is 3.14. The molecule has 0 spiro atoms. The zero-order chi connectivity index (χ0) is 15.2. The van der Waals surface area contributed by atoms with Crippen LogP contribution in [0, 0.1) is 19.8 Å². The first-order valence-corrected chi connectivity index (χ1v) is 8.87. The van der Waals surface area contributed by atoms with Gasteiger partial charge < -0.3 is 10.5 Å². The van der Waals surface area contributed by atoms with Crippen molar-refractivity contribution in [2.24, 2.45) is 5.92 Å². The second-order valence-corrected chi connectivity index (χ2v) is 7.83. The largest absolute Gasteiger partial charge is 0.399 e. The fourth-order valence-electron chi connectivity index (χ4n) is 3.02. The molecule has 2 unspecified atom stereocenters. The highest BCUT2D eigenvalue weighted by Gasteiger charge is 2.42. The number of anilines is 1. The van der Waals surface area contributed by atoms with Crippen LogP contribution in [0.2, 0.25) is 0 Å². The molecular formula is C15H22N2O3S. The lowest BCUT2D eigenvalue weighted by atomic mass is 10.1. The number of rotatable bonds is 4. The van der Waals surface area contributed by atoms with E-state index in [2.05, 4.69) is 4.72 Å². The molecule has 2 atom stereocenters. The van der Waals surface area contributed by atoms with Crippen molar-refractivity contribution < 1.29 is 13.2 Å². The molecule has 1 heterocycles. The number of nitrogens with one attached hydrogen (secondary N) is 1. The molecule has 3 N–H and O–H groups in total. The molecule has 0 bridgehead atoms. The van der Waals surface area contributed by atoms with E-state index in [1.54, 1.807) is 6.07 Å². The molecule has 6 heteroatoms. The molecule has 1 aliphatic heterocycles. The number of aryl methyl sites for hydroxylation is 1. The molecule has 5 nitrogen and oxygen atoms in total. The molecule has 21 heavy (non-hydrogen) atoms. The molecule has 2 aliphatic rings. The van der Waals surface area contributed by atoms with Crippen LogP contribution in [-0.2, 0) is 14.8 Å². The summed E-state index contributed by atoms with van der Waals surface area (Å²) < 4.78 is 33.9. The number of sulfonamides is 1. The zero-order valence-electron chi connectivity index (χ0n) is 12.4. The molecule has 1 saturated carbocycles. The molecular weight excluding hydrogens is 288 g/mol. The van der Waals surface area contributed by atoms with E-state index >= 15 is 0 Å². The molecule has 0 radical (unpaired) electrons. The van der Waals surface area contributed by atoms with Gasteiger partial charge in [-0.3, -0.25) is 0 Å². The third kappa shape index (κ3) is 2.93. The molecule has 116 valence electrons. The van der Waals surface area contributed by atoms with Crippen molar-refractivity contribution in [2.75, 3.05) is 12.3 Å². The van der Waals surface area contributed by atoms with E-state index < -0.39 is 10.0 Å². The van der Waals surface area contributed by atoms with Crippen molar-refractivity contribution in [3.63, 3.8) is 0 Å². The molecule has 1 saturated heterocycles. The Morgan fingerprint density at radius 2 is 1.95 bits per heavy atom. The van der Waals surface area contributed by atoms with Crippen molar-refractivity contribution in [3.8, 4) is 0 Å². The highest BCUT2D eigenvalue weighted by molar-refractivity contribution is 7.89. The first-order valence-electron chi connectivity index (χ1n) is 7.39. The van der Waals surface area contributed by atoms with Crippen LogP contribution < -0.4 is 10.5 Å². The maximum Gasteiger partial charge on any atom is 0.241 e. The smallest absolute Gasteiger partial charge is 0.241 e. The van der Waals surface area contributed by atoms with E-state index in [1.165, 1.54) is 6.07 Å². The Kier molecular flexibility index (Phi) is 3.71. The summed E-state index contributed by atoms with van der Waals surface area (Å²) in [5.41, 5.74) is 7.91. The number of hydrogen-bond acceptors (Lipinski definition) is 4. The lowest BCUT2D eigenvalue weighted by molar-refractivity contribution is 0.0848. The fraction of sp³-hybridized carbons (Fsp3) is 0.600. The van der Waals surface area contributed by atoms with Gasteiger partial charge in [0.25, 0.3) is 0 Å². The maximum atomic E-state index is 12.7. The Morgan fingerprint density at radius 1 is 1.24 bits per heavy atom.